The highest BCUT2D eigenvalue weighted by Crippen LogP contribution is 2.16. The molecule has 2 aromatic rings. The minimum absolute atomic E-state index is 0.0173. The van der Waals surface area contributed by atoms with Gasteiger partial charge in [0.15, 0.2) is 0 Å². The number of nitrogens with two attached hydrogens (primary N) is 1. The van der Waals surface area contributed by atoms with E-state index in [-0.39, 0.29) is 16.7 Å². The Hall–Kier alpha value is -2.71. The van der Waals surface area contributed by atoms with Crippen LogP contribution in [0.5, 0.6) is 0 Å². The third-order valence-corrected chi connectivity index (χ3v) is 5.13. The minimum Gasteiger partial charge on any atom is -0.338 e. The molecular formula is C18H19N3O4S. The van der Waals surface area contributed by atoms with E-state index in [0.717, 1.165) is 18.5 Å². The number of nitrogens with one attached hydrogen (secondary N) is 1. The number of anilines is 1. The van der Waals surface area contributed by atoms with Gasteiger partial charge in [-0.3, -0.25) is 9.59 Å². The molecule has 1 heterocycles. The van der Waals surface area contributed by atoms with Gasteiger partial charge in [-0.2, -0.15) is 0 Å². The van der Waals surface area contributed by atoms with E-state index in [0.29, 0.717) is 24.2 Å². The van der Waals surface area contributed by atoms with Gasteiger partial charge >= 0.3 is 0 Å². The Bertz CT molecular complexity index is 922. The molecule has 0 saturated carbocycles. The van der Waals surface area contributed by atoms with Crippen molar-refractivity contribution in [2.24, 2.45) is 5.14 Å². The number of primary sulfonamides is 1. The molecule has 1 aliphatic heterocycles. The summed E-state index contributed by atoms with van der Waals surface area (Å²) in [7, 11) is -3.76. The van der Waals surface area contributed by atoms with Crippen molar-refractivity contribution in [1.29, 1.82) is 0 Å². The van der Waals surface area contributed by atoms with Gasteiger partial charge in [-0.05, 0) is 48.4 Å². The quantitative estimate of drug-likeness (QED) is 0.831. The van der Waals surface area contributed by atoms with Crippen LogP contribution in [0.2, 0.25) is 0 Å². The molecule has 3 N–H and O–H groups in total. The zero-order valence-corrected chi connectivity index (χ0v) is 14.8. The number of amides is 2. The van der Waals surface area contributed by atoms with Crippen molar-refractivity contribution in [2.45, 2.75) is 24.3 Å². The van der Waals surface area contributed by atoms with Crippen molar-refractivity contribution in [3.05, 3.63) is 59.7 Å². The first-order valence-corrected chi connectivity index (χ1v) is 9.68. The lowest BCUT2D eigenvalue weighted by Crippen LogP contribution is -2.23. The summed E-state index contributed by atoms with van der Waals surface area (Å²) in [6.07, 6.45) is 1.49. The predicted octanol–water partition coefficient (Wildman–Crippen LogP) is 1.71. The summed E-state index contributed by atoms with van der Waals surface area (Å²) in [5.41, 5.74) is 1.90. The number of hydrogen-bond donors (Lipinski definition) is 2. The molecule has 0 unspecified atom stereocenters. The van der Waals surface area contributed by atoms with Crippen LogP contribution in [0.15, 0.2) is 53.4 Å². The van der Waals surface area contributed by atoms with Crippen molar-refractivity contribution in [3.8, 4) is 0 Å². The third kappa shape index (κ3) is 4.27. The average molecular weight is 373 g/mol. The van der Waals surface area contributed by atoms with E-state index in [1.54, 1.807) is 12.1 Å². The number of rotatable bonds is 5. The standard InChI is InChI=1S/C18H19N3O4S/c19-26(24,25)16-9-7-15(8-10-16)20-18(23)14-5-3-13(4-6-14)12-21-11-1-2-17(21)22/h3-10H,1-2,11-12H2,(H,20,23)(H2,19,24,25). The summed E-state index contributed by atoms with van der Waals surface area (Å²) >= 11 is 0. The van der Waals surface area contributed by atoms with Crippen molar-refractivity contribution >= 4 is 27.5 Å². The molecule has 0 spiro atoms. The lowest BCUT2D eigenvalue weighted by Gasteiger charge is -2.15. The summed E-state index contributed by atoms with van der Waals surface area (Å²) in [5, 5.41) is 7.74. The first-order valence-electron chi connectivity index (χ1n) is 8.14. The van der Waals surface area contributed by atoms with Crippen LogP contribution in [-0.2, 0) is 21.4 Å². The molecule has 7 nitrogen and oxygen atoms in total. The molecule has 3 rings (SSSR count). The first kappa shape index (κ1) is 18.1. The van der Waals surface area contributed by atoms with Crippen molar-refractivity contribution in [2.75, 3.05) is 11.9 Å². The summed E-state index contributed by atoms with van der Waals surface area (Å²) in [6, 6.07) is 12.7. The number of sulfonamides is 1. The molecular weight excluding hydrogens is 354 g/mol. The normalized spacial score (nSPS) is 14.5. The van der Waals surface area contributed by atoms with Crippen molar-refractivity contribution in [3.63, 3.8) is 0 Å². The molecule has 26 heavy (non-hydrogen) atoms. The number of carbonyl (C=O) groups excluding carboxylic acids is 2. The van der Waals surface area contributed by atoms with E-state index in [9.17, 15) is 18.0 Å². The number of likely N-dealkylation sites (tertiary alicyclic amines) is 1. The fourth-order valence-electron chi connectivity index (χ4n) is 2.78. The second-order valence-corrected chi connectivity index (χ2v) is 7.70. The number of benzene rings is 2. The molecule has 0 bridgehead atoms. The Kier molecular flexibility index (Phi) is 5.06. The molecule has 136 valence electrons. The molecule has 0 aliphatic carbocycles. The van der Waals surface area contributed by atoms with Gasteiger partial charge in [0, 0.05) is 30.8 Å². The van der Waals surface area contributed by atoms with Gasteiger partial charge in [0.2, 0.25) is 15.9 Å². The second kappa shape index (κ2) is 7.27. The Labute approximate surface area is 151 Å². The van der Waals surface area contributed by atoms with Crippen LogP contribution in [0.3, 0.4) is 0 Å². The first-order chi connectivity index (χ1) is 12.3. The summed E-state index contributed by atoms with van der Waals surface area (Å²) < 4.78 is 22.5. The van der Waals surface area contributed by atoms with E-state index in [1.807, 2.05) is 17.0 Å². The highest BCUT2D eigenvalue weighted by atomic mass is 32.2. The molecule has 1 aliphatic rings. The molecule has 2 amide bonds. The third-order valence-electron chi connectivity index (χ3n) is 4.20. The summed E-state index contributed by atoms with van der Waals surface area (Å²) in [6.45, 7) is 1.32. The maximum atomic E-state index is 12.3. The number of carbonyl (C=O) groups is 2. The molecule has 1 saturated heterocycles. The van der Waals surface area contributed by atoms with Crippen molar-refractivity contribution in [1.82, 2.24) is 4.90 Å². The highest BCUT2D eigenvalue weighted by molar-refractivity contribution is 7.89. The smallest absolute Gasteiger partial charge is 0.255 e. The van der Waals surface area contributed by atoms with Crippen LogP contribution in [0.25, 0.3) is 0 Å². The molecule has 8 heteroatoms. The SMILES string of the molecule is NS(=O)(=O)c1ccc(NC(=O)c2ccc(CN3CCCC3=O)cc2)cc1. The van der Waals surface area contributed by atoms with Gasteiger partial charge in [0.05, 0.1) is 4.90 Å². The van der Waals surface area contributed by atoms with E-state index < -0.39 is 10.0 Å². The lowest BCUT2D eigenvalue weighted by molar-refractivity contribution is -0.128. The number of nitrogens with zero attached hydrogens (tertiary/aromatic N) is 1. The van der Waals surface area contributed by atoms with Gasteiger partial charge in [0.25, 0.3) is 5.91 Å². The highest BCUT2D eigenvalue weighted by Gasteiger charge is 2.20. The van der Waals surface area contributed by atoms with Crippen LogP contribution in [-0.4, -0.2) is 31.7 Å². The Balaban J connectivity index is 1.63. The van der Waals surface area contributed by atoms with E-state index >= 15 is 0 Å². The predicted molar refractivity (Wildman–Crippen MR) is 96.9 cm³/mol. The zero-order chi connectivity index (χ0) is 18.7. The number of hydrogen-bond acceptors (Lipinski definition) is 4. The van der Waals surface area contributed by atoms with E-state index in [1.165, 1.54) is 24.3 Å². The van der Waals surface area contributed by atoms with E-state index in [2.05, 4.69) is 5.32 Å². The lowest BCUT2D eigenvalue weighted by atomic mass is 10.1. The Morgan fingerprint density at radius 2 is 1.73 bits per heavy atom. The van der Waals surface area contributed by atoms with Gasteiger partial charge in [0.1, 0.15) is 0 Å². The molecule has 0 aromatic heterocycles. The maximum Gasteiger partial charge on any atom is 0.255 e. The van der Waals surface area contributed by atoms with Gasteiger partial charge < -0.3 is 10.2 Å². The molecule has 2 aromatic carbocycles. The zero-order valence-electron chi connectivity index (χ0n) is 14.0. The Morgan fingerprint density at radius 1 is 1.08 bits per heavy atom. The summed E-state index contributed by atoms with van der Waals surface area (Å²) in [4.78, 5) is 25.7. The van der Waals surface area contributed by atoms with Crippen LogP contribution in [0, 0.1) is 0 Å². The summed E-state index contributed by atoms with van der Waals surface area (Å²) in [5.74, 6) is -0.146. The van der Waals surface area contributed by atoms with Gasteiger partial charge in [-0.25, -0.2) is 13.6 Å². The molecule has 0 atom stereocenters. The topological polar surface area (TPSA) is 110 Å². The van der Waals surface area contributed by atoms with Gasteiger partial charge in [-0.15, -0.1) is 0 Å². The van der Waals surface area contributed by atoms with E-state index in [4.69, 9.17) is 5.14 Å². The van der Waals surface area contributed by atoms with Gasteiger partial charge in [-0.1, -0.05) is 12.1 Å². The monoisotopic (exact) mass is 373 g/mol. The largest absolute Gasteiger partial charge is 0.338 e. The van der Waals surface area contributed by atoms with Crippen molar-refractivity contribution < 1.29 is 18.0 Å². The van der Waals surface area contributed by atoms with Crippen LogP contribution in [0.4, 0.5) is 5.69 Å². The van der Waals surface area contributed by atoms with Crippen LogP contribution in [0.1, 0.15) is 28.8 Å². The Morgan fingerprint density at radius 3 is 2.27 bits per heavy atom. The molecule has 0 radical (unpaired) electrons. The van der Waals surface area contributed by atoms with Crippen LogP contribution < -0.4 is 10.5 Å². The second-order valence-electron chi connectivity index (χ2n) is 6.14. The molecule has 1 fully saturated rings. The van der Waals surface area contributed by atoms with Crippen LogP contribution >= 0.6 is 0 Å². The minimum atomic E-state index is -3.76. The maximum absolute atomic E-state index is 12.3. The fourth-order valence-corrected chi connectivity index (χ4v) is 3.30. The average Bonchev–Trinajstić information content (AvgIpc) is 3.00. The fraction of sp³-hybridized carbons (Fsp3) is 0.222.